The van der Waals surface area contributed by atoms with Gasteiger partial charge < -0.3 is 15.3 Å². The predicted molar refractivity (Wildman–Crippen MR) is 132 cm³/mol. The van der Waals surface area contributed by atoms with E-state index in [-0.39, 0.29) is 0 Å². The van der Waals surface area contributed by atoms with Gasteiger partial charge in [-0.1, -0.05) is 49.8 Å². The third kappa shape index (κ3) is 5.76. The topological polar surface area (TPSA) is 60.7 Å². The third-order valence-electron chi connectivity index (χ3n) is 7.69. The van der Waals surface area contributed by atoms with Gasteiger partial charge in [0, 0.05) is 12.8 Å². The number of aliphatic hydroxyl groups excluding tert-OH is 1. The monoisotopic (exact) mass is 446 g/mol. The van der Waals surface area contributed by atoms with Gasteiger partial charge in [-0.25, -0.2) is 0 Å². The number of thioether (sulfide) groups is 1. The summed E-state index contributed by atoms with van der Waals surface area (Å²) in [5.74, 6) is 1.35. The molecule has 0 radical (unpaired) electrons. The van der Waals surface area contributed by atoms with E-state index in [1.54, 1.807) is 5.57 Å². The summed E-state index contributed by atoms with van der Waals surface area (Å²) < 4.78 is 0. The molecule has 3 rings (SSSR count). The fourth-order valence-electron chi connectivity index (χ4n) is 5.83. The van der Waals surface area contributed by atoms with Gasteiger partial charge in [0.05, 0.1) is 11.7 Å². The molecule has 3 aliphatic rings. The van der Waals surface area contributed by atoms with Crippen molar-refractivity contribution in [1.29, 1.82) is 0 Å². The maximum absolute atomic E-state index is 11.2. The van der Waals surface area contributed by atoms with Crippen LogP contribution in [0.5, 0.6) is 0 Å². The summed E-state index contributed by atoms with van der Waals surface area (Å²) in [6, 6.07) is 0. The van der Waals surface area contributed by atoms with Gasteiger partial charge >= 0.3 is 0 Å². The van der Waals surface area contributed by atoms with E-state index in [4.69, 9.17) is 0 Å². The fraction of sp³-hybridized carbons (Fsp3) is 0.704. The molecule has 0 aromatic carbocycles. The van der Waals surface area contributed by atoms with Gasteiger partial charge in [0.25, 0.3) is 0 Å². The molecule has 3 N–H and O–H groups in total. The predicted octanol–water partition coefficient (Wildman–Crippen LogP) is 6.07. The van der Waals surface area contributed by atoms with Crippen LogP contribution in [0.3, 0.4) is 0 Å². The van der Waals surface area contributed by atoms with E-state index in [1.807, 2.05) is 13.8 Å². The summed E-state index contributed by atoms with van der Waals surface area (Å²) >= 11 is 1.50. The van der Waals surface area contributed by atoms with Crippen molar-refractivity contribution in [2.45, 2.75) is 102 Å². The molecule has 4 atom stereocenters. The summed E-state index contributed by atoms with van der Waals surface area (Å²) in [4.78, 5) is -0.976. The summed E-state index contributed by atoms with van der Waals surface area (Å²) in [6.45, 7) is 12.5. The molecular formula is C27H42O3S. The van der Waals surface area contributed by atoms with Gasteiger partial charge in [-0.15, -0.1) is 11.8 Å². The molecule has 2 saturated carbocycles. The maximum Gasteiger partial charge on any atom is 0.117 e. The molecule has 0 amide bonds. The Morgan fingerprint density at radius 3 is 2.74 bits per heavy atom. The van der Waals surface area contributed by atoms with Gasteiger partial charge in [-0.2, -0.15) is 0 Å². The molecule has 3 nitrogen and oxygen atoms in total. The van der Waals surface area contributed by atoms with Crippen molar-refractivity contribution in [3.8, 4) is 0 Å². The average Bonchev–Trinajstić information content (AvgIpc) is 3.03. The first-order valence-electron chi connectivity index (χ1n) is 12.0. The molecule has 0 aliphatic heterocycles. The summed E-state index contributed by atoms with van der Waals surface area (Å²) in [6.07, 6.45) is 14.4. The Hall–Kier alpha value is -0.810. The molecule has 0 spiro atoms. The second-order valence-electron chi connectivity index (χ2n) is 10.7. The van der Waals surface area contributed by atoms with Crippen LogP contribution in [0, 0.1) is 11.3 Å². The van der Waals surface area contributed by atoms with E-state index in [9.17, 15) is 15.3 Å². The van der Waals surface area contributed by atoms with Crippen LogP contribution in [0.4, 0.5) is 0 Å². The number of rotatable bonds is 7. The van der Waals surface area contributed by atoms with Crippen molar-refractivity contribution < 1.29 is 15.3 Å². The molecule has 0 unspecified atom stereocenters. The zero-order valence-corrected chi connectivity index (χ0v) is 20.7. The Morgan fingerprint density at radius 1 is 1.32 bits per heavy atom. The molecule has 3 aliphatic carbocycles. The van der Waals surface area contributed by atoms with Crippen LogP contribution in [-0.2, 0) is 0 Å². The molecule has 0 aromatic heterocycles. The van der Waals surface area contributed by atoms with Gasteiger partial charge in [0.15, 0.2) is 0 Å². The van der Waals surface area contributed by atoms with Gasteiger partial charge in [0.2, 0.25) is 0 Å². The van der Waals surface area contributed by atoms with Crippen molar-refractivity contribution in [3.05, 3.63) is 47.1 Å². The van der Waals surface area contributed by atoms with Crippen LogP contribution >= 0.6 is 11.8 Å². The number of fused-ring (bicyclic) bond motifs is 1. The molecular weight excluding hydrogens is 404 g/mol. The van der Waals surface area contributed by atoms with Crippen molar-refractivity contribution in [3.63, 3.8) is 0 Å². The molecule has 0 heterocycles. The average molecular weight is 447 g/mol. The Labute approximate surface area is 193 Å². The van der Waals surface area contributed by atoms with Crippen LogP contribution in [0.15, 0.2) is 47.1 Å². The number of allylic oxidation sites excluding steroid dienone is 5. The lowest BCUT2D eigenvalue weighted by atomic mass is 9.64. The molecule has 31 heavy (non-hydrogen) atoms. The van der Waals surface area contributed by atoms with E-state index in [0.717, 1.165) is 42.6 Å². The molecule has 0 saturated heterocycles. The first-order chi connectivity index (χ1) is 14.5. The van der Waals surface area contributed by atoms with Crippen molar-refractivity contribution in [1.82, 2.24) is 0 Å². The van der Waals surface area contributed by atoms with E-state index < -0.39 is 16.6 Å². The van der Waals surface area contributed by atoms with Gasteiger partial charge in [0.1, 0.15) is 4.93 Å². The highest BCUT2D eigenvalue weighted by atomic mass is 32.2. The number of hydrogen-bond acceptors (Lipinski definition) is 4. The van der Waals surface area contributed by atoms with E-state index >= 15 is 0 Å². The quantitative estimate of drug-likeness (QED) is 0.252. The van der Waals surface area contributed by atoms with Crippen LogP contribution in [0.25, 0.3) is 0 Å². The highest BCUT2D eigenvalue weighted by Gasteiger charge is 2.44. The van der Waals surface area contributed by atoms with Crippen molar-refractivity contribution in [2.75, 3.05) is 5.75 Å². The zero-order chi connectivity index (χ0) is 22.9. The highest BCUT2D eigenvalue weighted by molar-refractivity contribution is 8.00. The molecule has 0 bridgehead atoms. The molecule has 2 fully saturated rings. The van der Waals surface area contributed by atoms with E-state index in [2.05, 4.69) is 38.7 Å². The zero-order valence-electron chi connectivity index (χ0n) is 19.9. The third-order valence-corrected chi connectivity index (χ3v) is 9.03. The van der Waals surface area contributed by atoms with E-state index in [0.29, 0.717) is 30.6 Å². The van der Waals surface area contributed by atoms with Gasteiger partial charge in [-0.3, -0.25) is 0 Å². The Bertz CT molecular complexity index is 772. The van der Waals surface area contributed by atoms with Crippen LogP contribution in [0.2, 0.25) is 0 Å². The molecule has 4 heteroatoms. The second-order valence-corrected chi connectivity index (χ2v) is 12.2. The SMILES string of the molecule is C=C1C(=CC=C2CCC[C@]3(C)C(CC)=CC[C@@H]23)C[C@](O)(SCCCC(C)(C)O)C[C@@H]1O. The summed E-state index contributed by atoms with van der Waals surface area (Å²) in [5.41, 5.74) is 4.47. The Morgan fingerprint density at radius 2 is 2.06 bits per heavy atom. The summed E-state index contributed by atoms with van der Waals surface area (Å²) in [5, 5.41) is 31.7. The minimum absolute atomic E-state index is 0.303. The lowest BCUT2D eigenvalue weighted by Crippen LogP contribution is -2.37. The molecule has 174 valence electrons. The lowest BCUT2D eigenvalue weighted by Gasteiger charge is -2.41. The number of aliphatic hydroxyl groups is 3. The van der Waals surface area contributed by atoms with Gasteiger partial charge in [-0.05, 0) is 87.0 Å². The molecule has 0 aromatic rings. The van der Waals surface area contributed by atoms with Crippen molar-refractivity contribution in [2.24, 2.45) is 11.3 Å². The summed E-state index contributed by atoms with van der Waals surface area (Å²) in [7, 11) is 0. The minimum atomic E-state index is -0.976. The minimum Gasteiger partial charge on any atom is -0.390 e. The normalized spacial score (nSPS) is 36.7. The highest BCUT2D eigenvalue weighted by Crippen LogP contribution is 2.55. The first kappa shape index (κ1) is 24.8. The van der Waals surface area contributed by atoms with Crippen molar-refractivity contribution >= 4 is 11.8 Å². The smallest absolute Gasteiger partial charge is 0.117 e. The standard InChI is InChI=1S/C27H42O3S/c1-6-22-12-13-23-20(9-7-15-26(22,23)5)10-11-21-17-27(30,18-24(28)19(21)2)31-16-8-14-25(3,4)29/h10-12,23-24,28-30H,2,6-9,13-18H2,1,3-5H3/t23-,24-,26+,27-/m0/s1. The Kier molecular flexibility index (Phi) is 7.68. The van der Waals surface area contributed by atoms with Crippen LogP contribution < -0.4 is 0 Å². The Balaban J connectivity index is 1.71. The van der Waals surface area contributed by atoms with Crippen LogP contribution in [0.1, 0.15) is 85.5 Å². The van der Waals surface area contributed by atoms with E-state index in [1.165, 1.54) is 30.2 Å². The lowest BCUT2D eigenvalue weighted by molar-refractivity contribution is 0.0595. The second kappa shape index (κ2) is 9.59. The number of hydrogen-bond donors (Lipinski definition) is 3. The largest absolute Gasteiger partial charge is 0.390 e. The fourth-order valence-corrected chi connectivity index (χ4v) is 7.03. The first-order valence-corrected chi connectivity index (χ1v) is 13.0. The maximum atomic E-state index is 11.2. The van der Waals surface area contributed by atoms with Crippen LogP contribution in [-0.4, -0.2) is 37.7 Å².